The topological polar surface area (TPSA) is 54.0 Å². The molecule has 3 aromatic rings. The second-order valence-corrected chi connectivity index (χ2v) is 6.97. The Bertz CT molecular complexity index is 900. The van der Waals surface area contributed by atoms with Crippen LogP contribution in [-0.2, 0) is 6.54 Å². The second kappa shape index (κ2) is 8.49. The fourth-order valence-electron chi connectivity index (χ4n) is 2.84. The summed E-state index contributed by atoms with van der Waals surface area (Å²) in [6.07, 6.45) is 1.69. The lowest BCUT2D eigenvalue weighted by atomic mass is 10.0. The Hall–Kier alpha value is -3.14. The van der Waals surface area contributed by atoms with Crippen LogP contribution in [-0.4, -0.2) is 10.9 Å². The Balaban J connectivity index is 1.63. The van der Waals surface area contributed by atoms with Gasteiger partial charge in [0.2, 0.25) is 0 Å². The Kier molecular flexibility index (Phi) is 5.87. The van der Waals surface area contributed by atoms with Crippen molar-refractivity contribution >= 4 is 17.3 Å². The van der Waals surface area contributed by atoms with Gasteiger partial charge in [0, 0.05) is 12.2 Å². The number of hydrogen-bond acceptors (Lipinski definition) is 3. The third kappa shape index (κ3) is 4.94. The van der Waals surface area contributed by atoms with Crippen LogP contribution >= 0.6 is 0 Å². The van der Waals surface area contributed by atoms with E-state index in [0.717, 1.165) is 23.5 Å². The average molecular weight is 359 g/mol. The van der Waals surface area contributed by atoms with Crippen LogP contribution in [0.1, 0.15) is 46.9 Å². The quantitative estimate of drug-likeness (QED) is 0.621. The number of rotatable bonds is 6. The van der Waals surface area contributed by atoms with E-state index in [1.807, 2.05) is 30.3 Å². The van der Waals surface area contributed by atoms with E-state index in [4.69, 9.17) is 0 Å². The van der Waals surface area contributed by atoms with Gasteiger partial charge in [-0.2, -0.15) is 0 Å². The van der Waals surface area contributed by atoms with Crippen LogP contribution in [0.4, 0.5) is 11.4 Å². The standard InChI is InChI=1S/C23H25N3O/c1-16(2)20-6-4-5-7-21(20)26-23(27)22-13-12-19(15-25-22)24-14-18-10-8-17(3)9-11-18/h4-13,15-16,24H,14H2,1-3H3,(H,26,27). The zero-order valence-electron chi connectivity index (χ0n) is 16.0. The first-order chi connectivity index (χ1) is 13.0. The van der Waals surface area contributed by atoms with Crippen LogP contribution in [0.15, 0.2) is 66.9 Å². The minimum atomic E-state index is -0.201. The highest BCUT2D eigenvalue weighted by Crippen LogP contribution is 2.24. The third-order valence-electron chi connectivity index (χ3n) is 4.44. The van der Waals surface area contributed by atoms with E-state index >= 15 is 0 Å². The molecule has 0 aliphatic carbocycles. The van der Waals surface area contributed by atoms with Gasteiger partial charge in [0.25, 0.3) is 5.91 Å². The van der Waals surface area contributed by atoms with E-state index in [2.05, 4.69) is 60.7 Å². The number of anilines is 2. The molecule has 0 saturated heterocycles. The lowest BCUT2D eigenvalue weighted by molar-refractivity contribution is 0.102. The van der Waals surface area contributed by atoms with Crippen molar-refractivity contribution in [1.29, 1.82) is 0 Å². The molecule has 1 amide bonds. The summed E-state index contributed by atoms with van der Waals surface area (Å²) in [4.78, 5) is 16.8. The predicted octanol–water partition coefficient (Wildman–Crippen LogP) is 5.38. The van der Waals surface area contributed by atoms with Crippen LogP contribution in [0.3, 0.4) is 0 Å². The van der Waals surface area contributed by atoms with Crippen molar-refractivity contribution in [3.8, 4) is 0 Å². The zero-order valence-corrected chi connectivity index (χ0v) is 16.0. The molecule has 0 aliphatic rings. The van der Waals surface area contributed by atoms with E-state index in [1.54, 1.807) is 12.3 Å². The average Bonchev–Trinajstić information content (AvgIpc) is 2.68. The highest BCUT2D eigenvalue weighted by atomic mass is 16.1. The highest BCUT2D eigenvalue weighted by molar-refractivity contribution is 6.03. The largest absolute Gasteiger partial charge is 0.380 e. The van der Waals surface area contributed by atoms with Gasteiger partial charge in [-0.05, 0) is 42.2 Å². The van der Waals surface area contributed by atoms with Crippen molar-refractivity contribution in [2.75, 3.05) is 10.6 Å². The molecule has 0 bridgehead atoms. The molecular formula is C23H25N3O. The first-order valence-electron chi connectivity index (χ1n) is 9.18. The van der Waals surface area contributed by atoms with Gasteiger partial charge in [-0.25, -0.2) is 4.98 Å². The summed E-state index contributed by atoms with van der Waals surface area (Å²) in [6.45, 7) is 7.01. The molecule has 0 saturated carbocycles. The summed E-state index contributed by atoms with van der Waals surface area (Å²) in [5.74, 6) is 0.135. The molecule has 138 valence electrons. The van der Waals surface area contributed by atoms with Crippen LogP contribution in [0.2, 0.25) is 0 Å². The highest BCUT2D eigenvalue weighted by Gasteiger charge is 2.11. The van der Waals surface area contributed by atoms with E-state index < -0.39 is 0 Å². The lowest BCUT2D eigenvalue weighted by Crippen LogP contribution is -2.15. The molecule has 0 atom stereocenters. The second-order valence-electron chi connectivity index (χ2n) is 6.97. The van der Waals surface area contributed by atoms with Crippen LogP contribution in [0.25, 0.3) is 0 Å². The lowest BCUT2D eigenvalue weighted by Gasteiger charge is -2.13. The first-order valence-corrected chi connectivity index (χ1v) is 9.18. The number of carbonyl (C=O) groups excluding carboxylic acids is 1. The number of pyridine rings is 1. The van der Waals surface area contributed by atoms with Gasteiger partial charge in [0.1, 0.15) is 5.69 Å². The zero-order chi connectivity index (χ0) is 19.2. The van der Waals surface area contributed by atoms with Gasteiger partial charge in [-0.3, -0.25) is 4.79 Å². The Morgan fingerprint density at radius 2 is 1.74 bits per heavy atom. The first kappa shape index (κ1) is 18.6. The summed E-state index contributed by atoms with van der Waals surface area (Å²) in [5.41, 5.74) is 5.68. The predicted molar refractivity (Wildman–Crippen MR) is 111 cm³/mol. The van der Waals surface area contributed by atoms with Gasteiger partial charge in [0.15, 0.2) is 0 Å². The fraction of sp³-hybridized carbons (Fsp3) is 0.217. The Morgan fingerprint density at radius 1 is 1.00 bits per heavy atom. The number of aromatic nitrogens is 1. The van der Waals surface area contributed by atoms with Crippen molar-refractivity contribution in [3.63, 3.8) is 0 Å². The molecule has 0 aliphatic heterocycles. The number of benzene rings is 2. The minimum absolute atomic E-state index is 0.201. The SMILES string of the molecule is Cc1ccc(CNc2ccc(C(=O)Nc3ccccc3C(C)C)nc2)cc1. The minimum Gasteiger partial charge on any atom is -0.380 e. The van der Waals surface area contributed by atoms with Crippen molar-refractivity contribution in [1.82, 2.24) is 4.98 Å². The molecule has 0 spiro atoms. The molecule has 3 rings (SSSR count). The number of hydrogen-bond donors (Lipinski definition) is 2. The van der Waals surface area contributed by atoms with Gasteiger partial charge < -0.3 is 10.6 Å². The maximum atomic E-state index is 12.5. The van der Waals surface area contributed by atoms with E-state index in [9.17, 15) is 4.79 Å². The maximum absolute atomic E-state index is 12.5. The molecule has 2 aromatic carbocycles. The van der Waals surface area contributed by atoms with Gasteiger partial charge in [-0.1, -0.05) is 61.9 Å². The van der Waals surface area contributed by atoms with Crippen LogP contribution in [0, 0.1) is 6.92 Å². The molecule has 27 heavy (non-hydrogen) atoms. The number of para-hydroxylation sites is 1. The van der Waals surface area contributed by atoms with Crippen LogP contribution < -0.4 is 10.6 Å². The normalized spacial score (nSPS) is 10.7. The van der Waals surface area contributed by atoms with Gasteiger partial charge in [0.05, 0.1) is 11.9 Å². The molecule has 2 N–H and O–H groups in total. The van der Waals surface area contributed by atoms with Crippen molar-refractivity contribution in [2.24, 2.45) is 0 Å². The van der Waals surface area contributed by atoms with Crippen molar-refractivity contribution in [2.45, 2.75) is 33.2 Å². The third-order valence-corrected chi connectivity index (χ3v) is 4.44. The number of amides is 1. The molecule has 4 nitrogen and oxygen atoms in total. The maximum Gasteiger partial charge on any atom is 0.274 e. The molecule has 4 heteroatoms. The molecule has 0 unspecified atom stereocenters. The van der Waals surface area contributed by atoms with E-state index in [-0.39, 0.29) is 5.91 Å². The Labute approximate surface area is 160 Å². The molecular weight excluding hydrogens is 334 g/mol. The van der Waals surface area contributed by atoms with E-state index in [1.165, 1.54) is 11.1 Å². The Morgan fingerprint density at radius 3 is 2.41 bits per heavy atom. The summed E-state index contributed by atoms with van der Waals surface area (Å²) in [5, 5.41) is 6.29. The summed E-state index contributed by atoms with van der Waals surface area (Å²) < 4.78 is 0. The van der Waals surface area contributed by atoms with Crippen molar-refractivity contribution < 1.29 is 4.79 Å². The summed E-state index contributed by atoms with van der Waals surface area (Å²) >= 11 is 0. The fourth-order valence-corrected chi connectivity index (χ4v) is 2.84. The van der Waals surface area contributed by atoms with Gasteiger partial charge >= 0.3 is 0 Å². The number of aryl methyl sites for hydroxylation is 1. The molecule has 1 heterocycles. The monoisotopic (exact) mass is 359 g/mol. The van der Waals surface area contributed by atoms with Crippen molar-refractivity contribution in [3.05, 3.63) is 89.2 Å². The number of nitrogens with zero attached hydrogens (tertiary/aromatic N) is 1. The molecule has 1 aromatic heterocycles. The smallest absolute Gasteiger partial charge is 0.274 e. The summed E-state index contributed by atoms with van der Waals surface area (Å²) in [6, 6.07) is 19.9. The van der Waals surface area contributed by atoms with E-state index in [0.29, 0.717) is 11.6 Å². The molecule has 0 radical (unpaired) electrons. The number of nitrogens with one attached hydrogen (secondary N) is 2. The number of carbonyl (C=O) groups is 1. The molecule has 0 fully saturated rings. The van der Waals surface area contributed by atoms with Gasteiger partial charge in [-0.15, -0.1) is 0 Å². The summed E-state index contributed by atoms with van der Waals surface area (Å²) in [7, 11) is 0. The van der Waals surface area contributed by atoms with Crippen LogP contribution in [0.5, 0.6) is 0 Å².